The van der Waals surface area contributed by atoms with E-state index in [-0.39, 0.29) is 6.10 Å². The van der Waals surface area contributed by atoms with Gasteiger partial charge in [0, 0.05) is 12.3 Å². The van der Waals surface area contributed by atoms with Crippen molar-refractivity contribution in [2.75, 3.05) is 0 Å². The van der Waals surface area contributed by atoms with Gasteiger partial charge in [0.05, 0.1) is 6.10 Å². The highest BCUT2D eigenvalue weighted by atomic mass is 16.3. The molecule has 2 nitrogen and oxygen atoms in total. The molecule has 0 bridgehead atoms. The normalized spacial score (nSPS) is 38.9. The van der Waals surface area contributed by atoms with E-state index in [0.717, 1.165) is 50.9 Å². The van der Waals surface area contributed by atoms with Crippen LogP contribution in [0, 0.1) is 17.8 Å². The van der Waals surface area contributed by atoms with Crippen molar-refractivity contribution < 1.29 is 9.90 Å². The number of Topliss-reactive ketones (excluding diaryl/α,β-unsaturated/α-hetero) is 1. The summed E-state index contributed by atoms with van der Waals surface area (Å²) in [6.07, 6.45) is 9.30. The van der Waals surface area contributed by atoms with Gasteiger partial charge in [-0.2, -0.15) is 0 Å². The summed E-state index contributed by atoms with van der Waals surface area (Å²) in [7, 11) is 0. The van der Waals surface area contributed by atoms with Crippen LogP contribution in [-0.4, -0.2) is 17.0 Å². The number of carbonyl (C=O) groups excluding carboxylic acids is 1. The Morgan fingerprint density at radius 3 is 2.18 bits per heavy atom. The monoisotopic (exact) mass is 238 g/mol. The first-order chi connectivity index (χ1) is 8.15. The fraction of sp³-hybridized carbons (Fsp3) is 0.933. The average molecular weight is 238 g/mol. The second-order valence-corrected chi connectivity index (χ2v) is 6.30. The van der Waals surface area contributed by atoms with Gasteiger partial charge in [-0.1, -0.05) is 19.8 Å². The van der Waals surface area contributed by atoms with E-state index < -0.39 is 0 Å². The highest BCUT2D eigenvalue weighted by Crippen LogP contribution is 2.33. The van der Waals surface area contributed by atoms with Gasteiger partial charge in [-0.15, -0.1) is 0 Å². The third-order valence-corrected chi connectivity index (χ3v) is 4.78. The van der Waals surface area contributed by atoms with Crippen LogP contribution >= 0.6 is 0 Å². The van der Waals surface area contributed by atoms with Crippen LogP contribution in [0.2, 0.25) is 0 Å². The van der Waals surface area contributed by atoms with Gasteiger partial charge < -0.3 is 5.11 Å². The molecule has 0 aromatic heterocycles. The highest BCUT2D eigenvalue weighted by molar-refractivity contribution is 5.81. The largest absolute Gasteiger partial charge is 0.393 e. The second-order valence-electron chi connectivity index (χ2n) is 6.30. The predicted octanol–water partition coefficient (Wildman–Crippen LogP) is 3.32. The molecule has 0 spiro atoms. The van der Waals surface area contributed by atoms with Crippen LogP contribution in [0.15, 0.2) is 0 Å². The van der Waals surface area contributed by atoms with Gasteiger partial charge in [-0.25, -0.2) is 0 Å². The lowest BCUT2D eigenvalue weighted by atomic mass is 9.77. The molecule has 0 aromatic rings. The van der Waals surface area contributed by atoms with Crippen molar-refractivity contribution in [3.63, 3.8) is 0 Å². The van der Waals surface area contributed by atoms with Crippen LogP contribution in [0.1, 0.15) is 64.7 Å². The van der Waals surface area contributed by atoms with Gasteiger partial charge >= 0.3 is 0 Å². The summed E-state index contributed by atoms with van der Waals surface area (Å²) < 4.78 is 0. The first-order valence-corrected chi connectivity index (χ1v) is 7.36. The molecule has 0 atom stereocenters. The maximum Gasteiger partial charge on any atom is 0.136 e. The Hall–Kier alpha value is -0.370. The Kier molecular flexibility index (Phi) is 4.61. The van der Waals surface area contributed by atoms with Gasteiger partial charge in [-0.05, 0) is 50.4 Å². The molecule has 17 heavy (non-hydrogen) atoms. The summed E-state index contributed by atoms with van der Waals surface area (Å²) in [6, 6.07) is 0. The van der Waals surface area contributed by atoms with Crippen molar-refractivity contribution in [3.8, 4) is 0 Å². The first-order valence-electron chi connectivity index (χ1n) is 7.36. The molecular formula is C15H26O2. The summed E-state index contributed by atoms with van der Waals surface area (Å²) in [6.45, 7) is 2.29. The number of ketones is 1. The maximum absolute atomic E-state index is 12.2. The number of hydrogen-bond donors (Lipinski definition) is 1. The quantitative estimate of drug-likeness (QED) is 0.819. The van der Waals surface area contributed by atoms with Crippen molar-refractivity contribution in [2.24, 2.45) is 17.8 Å². The van der Waals surface area contributed by atoms with Gasteiger partial charge in [0.15, 0.2) is 0 Å². The van der Waals surface area contributed by atoms with E-state index in [0.29, 0.717) is 17.6 Å². The third-order valence-electron chi connectivity index (χ3n) is 4.78. The van der Waals surface area contributed by atoms with Crippen molar-refractivity contribution in [1.29, 1.82) is 0 Å². The smallest absolute Gasteiger partial charge is 0.136 e. The maximum atomic E-state index is 12.2. The fourth-order valence-corrected chi connectivity index (χ4v) is 3.38. The lowest BCUT2D eigenvalue weighted by Crippen LogP contribution is -2.25. The zero-order chi connectivity index (χ0) is 12.3. The number of rotatable bonds is 3. The molecule has 0 aliphatic heterocycles. The molecule has 2 heteroatoms. The fourth-order valence-electron chi connectivity index (χ4n) is 3.38. The van der Waals surface area contributed by atoms with E-state index in [1.807, 2.05) is 0 Å². The van der Waals surface area contributed by atoms with Crippen LogP contribution in [0.25, 0.3) is 0 Å². The van der Waals surface area contributed by atoms with Gasteiger partial charge in [0.25, 0.3) is 0 Å². The minimum atomic E-state index is -0.100. The number of aliphatic hydroxyl groups excluding tert-OH is 1. The second kappa shape index (κ2) is 5.99. The molecule has 0 radical (unpaired) electrons. The standard InChI is InChI=1S/C15H26O2/c1-11-2-6-13(7-3-11)15(17)10-12-4-8-14(16)9-5-12/h11-14,16H,2-10H2,1H3. The first kappa shape index (κ1) is 13.1. The average Bonchev–Trinajstić information content (AvgIpc) is 2.33. The van der Waals surface area contributed by atoms with Crippen molar-refractivity contribution in [1.82, 2.24) is 0 Å². The molecule has 98 valence electrons. The molecule has 0 aromatic carbocycles. The topological polar surface area (TPSA) is 37.3 Å². The predicted molar refractivity (Wildman–Crippen MR) is 68.7 cm³/mol. The molecule has 0 amide bonds. The third kappa shape index (κ3) is 3.80. The van der Waals surface area contributed by atoms with Crippen LogP contribution in [0.5, 0.6) is 0 Å². The molecular weight excluding hydrogens is 212 g/mol. The molecule has 2 aliphatic rings. The molecule has 0 unspecified atom stereocenters. The van der Waals surface area contributed by atoms with E-state index >= 15 is 0 Å². The van der Waals surface area contributed by atoms with Gasteiger partial charge in [0.2, 0.25) is 0 Å². The van der Waals surface area contributed by atoms with Crippen LogP contribution < -0.4 is 0 Å². The molecule has 2 fully saturated rings. The Morgan fingerprint density at radius 2 is 1.59 bits per heavy atom. The van der Waals surface area contributed by atoms with Crippen molar-refractivity contribution in [2.45, 2.75) is 70.8 Å². The minimum absolute atomic E-state index is 0.100. The lowest BCUT2D eigenvalue weighted by molar-refractivity contribution is -0.125. The van der Waals surface area contributed by atoms with Crippen molar-refractivity contribution >= 4 is 5.78 Å². The summed E-state index contributed by atoms with van der Waals surface area (Å²) in [4.78, 5) is 12.2. The molecule has 0 saturated heterocycles. The molecule has 0 heterocycles. The lowest BCUT2D eigenvalue weighted by Gasteiger charge is -2.29. The van der Waals surface area contributed by atoms with E-state index in [1.54, 1.807) is 0 Å². The van der Waals surface area contributed by atoms with Gasteiger partial charge in [-0.3, -0.25) is 4.79 Å². The summed E-state index contributed by atoms with van der Waals surface area (Å²) >= 11 is 0. The van der Waals surface area contributed by atoms with Crippen LogP contribution in [0.4, 0.5) is 0 Å². The molecule has 2 aliphatic carbocycles. The van der Waals surface area contributed by atoms with Crippen LogP contribution in [-0.2, 0) is 4.79 Å². The van der Waals surface area contributed by atoms with E-state index in [9.17, 15) is 9.90 Å². The zero-order valence-electron chi connectivity index (χ0n) is 11.0. The molecule has 2 rings (SSSR count). The summed E-state index contributed by atoms with van der Waals surface area (Å²) in [5.41, 5.74) is 0. The Balaban J connectivity index is 1.73. The number of carbonyl (C=O) groups is 1. The van der Waals surface area contributed by atoms with Crippen LogP contribution in [0.3, 0.4) is 0 Å². The Morgan fingerprint density at radius 1 is 1.00 bits per heavy atom. The van der Waals surface area contributed by atoms with E-state index in [1.165, 1.54) is 12.8 Å². The summed E-state index contributed by atoms with van der Waals surface area (Å²) in [5.74, 6) is 2.26. The van der Waals surface area contributed by atoms with Gasteiger partial charge in [0.1, 0.15) is 5.78 Å². The SMILES string of the molecule is CC1CCC(C(=O)CC2CCC(O)CC2)CC1. The van der Waals surface area contributed by atoms with E-state index in [4.69, 9.17) is 0 Å². The zero-order valence-corrected chi connectivity index (χ0v) is 11.0. The number of aliphatic hydroxyl groups is 1. The summed E-state index contributed by atoms with van der Waals surface area (Å²) in [5, 5.41) is 9.45. The Bertz CT molecular complexity index is 246. The highest BCUT2D eigenvalue weighted by Gasteiger charge is 2.27. The minimum Gasteiger partial charge on any atom is -0.393 e. The molecule has 1 N–H and O–H groups in total. The van der Waals surface area contributed by atoms with Crippen molar-refractivity contribution in [3.05, 3.63) is 0 Å². The molecule has 2 saturated carbocycles. The number of hydrogen-bond acceptors (Lipinski definition) is 2. The Labute approximate surface area is 105 Å². The van der Waals surface area contributed by atoms with E-state index in [2.05, 4.69) is 6.92 Å².